The molecule has 10 heteroatoms. The maximum Gasteiger partial charge on any atom is 0.223 e. The van der Waals surface area contributed by atoms with Gasteiger partial charge in [-0.25, -0.2) is 18.4 Å². The molecule has 0 spiro atoms. The lowest BCUT2D eigenvalue weighted by Gasteiger charge is -2.05. The number of rotatable bonds is 7. The van der Waals surface area contributed by atoms with E-state index in [-0.39, 0.29) is 5.91 Å². The Morgan fingerprint density at radius 2 is 1.81 bits per heavy atom. The molecule has 0 bridgehead atoms. The van der Waals surface area contributed by atoms with Gasteiger partial charge in [-0.1, -0.05) is 18.2 Å². The van der Waals surface area contributed by atoms with Crippen LogP contribution in [0.4, 0.5) is 11.1 Å². The van der Waals surface area contributed by atoms with Gasteiger partial charge in [0.2, 0.25) is 5.91 Å². The molecule has 2 aromatic carbocycles. The molecule has 4 aromatic rings. The summed E-state index contributed by atoms with van der Waals surface area (Å²) in [7, 11) is -3.24. The minimum atomic E-state index is -3.24. The van der Waals surface area contributed by atoms with Crippen LogP contribution in [-0.2, 0) is 33.9 Å². The molecule has 0 fully saturated rings. The largest absolute Gasteiger partial charge is 0.369 e. The molecule has 0 aliphatic carbocycles. The van der Waals surface area contributed by atoms with Crippen LogP contribution in [-0.4, -0.2) is 35.5 Å². The van der Waals surface area contributed by atoms with E-state index in [2.05, 4.69) is 20.3 Å². The van der Waals surface area contributed by atoms with Gasteiger partial charge in [0, 0.05) is 24.5 Å². The maximum atomic E-state index is 11.7. The Hall–Kier alpha value is -3.24. The van der Waals surface area contributed by atoms with Crippen LogP contribution in [0, 0.1) is 0 Å². The van der Waals surface area contributed by atoms with E-state index in [0.717, 1.165) is 39.2 Å². The summed E-state index contributed by atoms with van der Waals surface area (Å²) in [5.74, 6) is 0.220. The number of anilines is 2. The first-order chi connectivity index (χ1) is 15.2. The summed E-state index contributed by atoms with van der Waals surface area (Å²) in [6.45, 7) is 1.45. The second kappa shape index (κ2) is 8.71. The Balaban J connectivity index is 1.56. The van der Waals surface area contributed by atoms with Gasteiger partial charge in [-0.05, 0) is 48.2 Å². The fraction of sp³-hybridized carbons (Fsp3) is 0.227. The summed E-state index contributed by atoms with van der Waals surface area (Å²) in [4.78, 5) is 24.7. The first-order valence-corrected chi connectivity index (χ1v) is 12.7. The monoisotopic (exact) mass is 469 g/mol. The van der Waals surface area contributed by atoms with Crippen molar-refractivity contribution in [3.63, 3.8) is 0 Å². The van der Waals surface area contributed by atoms with Crippen molar-refractivity contribution in [3.8, 4) is 0 Å². The van der Waals surface area contributed by atoms with Gasteiger partial charge in [0.25, 0.3) is 0 Å². The van der Waals surface area contributed by atoms with Crippen LogP contribution >= 0.6 is 11.3 Å². The zero-order valence-electron chi connectivity index (χ0n) is 17.7. The van der Waals surface area contributed by atoms with Crippen molar-refractivity contribution in [3.05, 3.63) is 64.2 Å². The molecule has 8 nitrogen and oxygen atoms in total. The lowest BCUT2D eigenvalue weighted by atomic mass is 10.0. The summed E-state index contributed by atoms with van der Waals surface area (Å²) in [6.07, 6.45) is 3.25. The van der Waals surface area contributed by atoms with Crippen LogP contribution in [0.2, 0.25) is 0 Å². The fourth-order valence-electron chi connectivity index (χ4n) is 3.46. The lowest BCUT2D eigenvalue weighted by molar-refractivity contribution is -0.114. The highest BCUT2D eigenvalue weighted by atomic mass is 32.2. The van der Waals surface area contributed by atoms with Crippen molar-refractivity contribution in [2.45, 2.75) is 31.1 Å². The lowest BCUT2D eigenvalue weighted by Crippen LogP contribution is -2.05. The standard InChI is InChI=1S/C22H23N5O3S2/c1-13(28)24-22-27-18(10-6-14-5-9-17-19(11-14)26-21(23)25-17)20(31-22)12-15-3-7-16(8-4-15)32(2,29)30/h3-5,7-9,11H,6,10,12H2,1-2H3,(H3,23,25,26)(H,24,27,28). The van der Waals surface area contributed by atoms with E-state index in [1.807, 2.05) is 30.3 Å². The van der Waals surface area contributed by atoms with Crippen molar-refractivity contribution in [2.24, 2.45) is 0 Å². The molecule has 0 aliphatic rings. The Kier molecular flexibility index (Phi) is 5.98. The number of carbonyl (C=O) groups excluding carboxylic acids is 1. The van der Waals surface area contributed by atoms with Crippen molar-refractivity contribution in [1.29, 1.82) is 0 Å². The topological polar surface area (TPSA) is 131 Å². The highest BCUT2D eigenvalue weighted by Gasteiger charge is 2.14. The highest BCUT2D eigenvalue weighted by Crippen LogP contribution is 2.28. The van der Waals surface area contributed by atoms with Crippen molar-refractivity contribution < 1.29 is 13.2 Å². The van der Waals surface area contributed by atoms with Crippen LogP contribution < -0.4 is 11.1 Å². The second-order valence-corrected chi connectivity index (χ2v) is 10.7. The second-order valence-electron chi connectivity index (χ2n) is 7.64. The predicted octanol–water partition coefficient (Wildman–Crippen LogP) is 3.34. The van der Waals surface area contributed by atoms with Crippen LogP contribution in [0.15, 0.2) is 47.4 Å². The Morgan fingerprint density at radius 3 is 2.50 bits per heavy atom. The van der Waals surface area contributed by atoms with E-state index < -0.39 is 9.84 Å². The summed E-state index contributed by atoms with van der Waals surface area (Å²) in [5, 5.41) is 3.33. The number of nitrogens with two attached hydrogens (primary N) is 1. The Bertz CT molecular complexity index is 1390. The number of nitrogens with zero attached hydrogens (tertiary/aromatic N) is 2. The number of aromatic amines is 1. The van der Waals surface area contributed by atoms with E-state index in [9.17, 15) is 13.2 Å². The normalized spacial score (nSPS) is 11.7. The molecule has 0 atom stereocenters. The maximum absolute atomic E-state index is 11.7. The number of aromatic nitrogens is 3. The third-order valence-corrected chi connectivity index (χ3v) is 7.13. The van der Waals surface area contributed by atoms with Crippen LogP contribution in [0.5, 0.6) is 0 Å². The van der Waals surface area contributed by atoms with Crippen LogP contribution in [0.3, 0.4) is 0 Å². The summed E-state index contributed by atoms with van der Waals surface area (Å²) in [5.41, 5.74) is 10.5. The molecule has 0 saturated heterocycles. The minimum absolute atomic E-state index is 0.170. The third kappa shape index (κ3) is 5.14. The number of sulfone groups is 1. The summed E-state index contributed by atoms with van der Waals surface area (Å²) < 4.78 is 23.4. The van der Waals surface area contributed by atoms with Crippen molar-refractivity contribution in [1.82, 2.24) is 15.0 Å². The van der Waals surface area contributed by atoms with Gasteiger partial charge in [-0.3, -0.25) is 4.79 Å². The van der Waals surface area contributed by atoms with E-state index in [4.69, 9.17) is 5.73 Å². The van der Waals surface area contributed by atoms with Crippen LogP contribution in [0.1, 0.15) is 28.6 Å². The molecule has 166 valence electrons. The molecule has 2 aromatic heterocycles. The van der Waals surface area contributed by atoms with Crippen molar-refractivity contribution >= 4 is 49.2 Å². The van der Waals surface area contributed by atoms with Gasteiger partial charge in [-0.15, -0.1) is 11.3 Å². The molecule has 4 N–H and O–H groups in total. The minimum Gasteiger partial charge on any atom is -0.369 e. The zero-order valence-corrected chi connectivity index (χ0v) is 19.3. The van der Waals surface area contributed by atoms with Gasteiger partial charge >= 0.3 is 0 Å². The zero-order chi connectivity index (χ0) is 22.9. The van der Waals surface area contributed by atoms with E-state index in [1.165, 1.54) is 24.5 Å². The number of thiazole rings is 1. The first kappa shape index (κ1) is 22.0. The number of imidazole rings is 1. The van der Waals surface area contributed by atoms with E-state index >= 15 is 0 Å². The molecule has 2 heterocycles. The number of carbonyl (C=O) groups is 1. The third-order valence-electron chi connectivity index (χ3n) is 4.99. The quantitative estimate of drug-likeness (QED) is 0.380. The molecule has 0 saturated carbocycles. The first-order valence-electron chi connectivity index (χ1n) is 9.96. The Morgan fingerprint density at radius 1 is 1.09 bits per heavy atom. The van der Waals surface area contributed by atoms with Gasteiger partial charge < -0.3 is 16.0 Å². The molecule has 0 radical (unpaired) electrons. The van der Waals surface area contributed by atoms with Gasteiger partial charge in [-0.2, -0.15) is 0 Å². The molecular formula is C22H23N5O3S2. The molecule has 32 heavy (non-hydrogen) atoms. The SMILES string of the molecule is CC(=O)Nc1nc(CCc2ccc3nc(N)[nH]c3c2)c(Cc2ccc(S(C)(=O)=O)cc2)s1. The predicted molar refractivity (Wildman–Crippen MR) is 127 cm³/mol. The number of aryl methyl sites for hydroxylation is 2. The van der Waals surface area contributed by atoms with Crippen LogP contribution in [0.25, 0.3) is 11.0 Å². The summed E-state index contributed by atoms with van der Waals surface area (Å²) >= 11 is 1.44. The average molecular weight is 470 g/mol. The van der Waals surface area contributed by atoms with Gasteiger partial charge in [0.1, 0.15) is 0 Å². The Labute approximate surface area is 189 Å². The number of hydrogen-bond donors (Lipinski definition) is 3. The number of hydrogen-bond acceptors (Lipinski definition) is 7. The van der Waals surface area contributed by atoms with Gasteiger partial charge in [0.15, 0.2) is 20.9 Å². The number of nitrogens with one attached hydrogen (secondary N) is 2. The summed E-state index contributed by atoms with van der Waals surface area (Å²) in [6, 6.07) is 12.8. The van der Waals surface area contributed by atoms with E-state index in [1.54, 1.807) is 12.1 Å². The van der Waals surface area contributed by atoms with Crippen molar-refractivity contribution in [2.75, 3.05) is 17.3 Å². The number of fused-ring (bicyclic) bond motifs is 1. The highest BCUT2D eigenvalue weighted by molar-refractivity contribution is 7.90. The molecule has 4 rings (SSSR count). The number of H-pyrrole nitrogens is 1. The molecule has 0 unspecified atom stereocenters. The average Bonchev–Trinajstić information content (AvgIpc) is 3.26. The fourth-order valence-corrected chi connectivity index (χ4v) is 5.17. The molecular weight excluding hydrogens is 446 g/mol. The molecule has 1 amide bonds. The van der Waals surface area contributed by atoms with Gasteiger partial charge in [0.05, 0.1) is 21.6 Å². The van der Waals surface area contributed by atoms with E-state index in [0.29, 0.717) is 28.8 Å². The number of nitrogen functional groups attached to an aromatic ring is 1. The smallest absolute Gasteiger partial charge is 0.223 e. The molecule has 0 aliphatic heterocycles. The number of benzene rings is 2. The number of amides is 1.